The summed E-state index contributed by atoms with van der Waals surface area (Å²) in [6.45, 7) is 2.25. The second-order valence-electron chi connectivity index (χ2n) is 4.81. The highest BCUT2D eigenvalue weighted by Gasteiger charge is 1.88. The highest BCUT2D eigenvalue weighted by Crippen LogP contribution is 2.08. The molecule has 0 heterocycles. The van der Waals surface area contributed by atoms with Gasteiger partial charge in [0.25, 0.3) is 0 Å². The Morgan fingerprint density at radius 3 is 2.00 bits per heavy atom. The number of allylic oxidation sites excluding steroid dienone is 7. The Balaban J connectivity index is 3.41. The molecule has 20 heavy (non-hydrogen) atoms. The first-order chi connectivity index (χ1) is 9.77. The third-order valence-electron chi connectivity index (χ3n) is 2.90. The normalized spacial score (nSPS) is 12.4. The van der Waals surface area contributed by atoms with E-state index in [9.17, 15) is 4.79 Å². The summed E-state index contributed by atoms with van der Waals surface area (Å²) in [5.41, 5.74) is 0. The van der Waals surface area contributed by atoms with Crippen molar-refractivity contribution in [3.63, 3.8) is 0 Å². The highest BCUT2D eigenvalue weighted by atomic mass is 16.4. The third kappa shape index (κ3) is 16.4. The van der Waals surface area contributed by atoms with Gasteiger partial charge in [-0.15, -0.1) is 0 Å². The predicted octanol–water partition coefficient (Wildman–Crippen LogP) is 5.44. The van der Waals surface area contributed by atoms with Crippen molar-refractivity contribution in [3.05, 3.63) is 48.6 Å². The molecule has 0 aromatic heterocycles. The third-order valence-corrected chi connectivity index (χ3v) is 2.90. The average molecular weight is 276 g/mol. The summed E-state index contributed by atoms with van der Waals surface area (Å²) in [5, 5.41) is 8.37. The van der Waals surface area contributed by atoms with Crippen molar-refractivity contribution in [2.24, 2.45) is 0 Å². The van der Waals surface area contributed by atoms with E-state index in [1.165, 1.54) is 51.0 Å². The molecule has 112 valence electrons. The van der Waals surface area contributed by atoms with Crippen LogP contribution in [0.2, 0.25) is 0 Å². The molecule has 0 saturated heterocycles. The van der Waals surface area contributed by atoms with Gasteiger partial charge in [-0.3, -0.25) is 0 Å². The van der Waals surface area contributed by atoms with Gasteiger partial charge >= 0.3 is 5.97 Å². The molecule has 0 rings (SSSR count). The van der Waals surface area contributed by atoms with Crippen LogP contribution in [0.5, 0.6) is 0 Å². The molecule has 0 radical (unpaired) electrons. The zero-order valence-corrected chi connectivity index (χ0v) is 12.6. The van der Waals surface area contributed by atoms with E-state index < -0.39 is 5.97 Å². The van der Waals surface area contributed by atoms with Crippen molar-refractivity contribution in [2.45, 2.75) is 58.3 Å². The lowest BCUT2D eigenvalue weighted by Gasteiger charge is -1.98. The molecule has 2 nitrogen and oxygen atoms in total. The highest BCUT2D eigenvalue weighted by molar-refractivity contribution is 5.80. The lowest BCUT2D eigenvalue weighted by molar-refractivity contribution is -0.131. The number of aliphatic carboxylic acids is 1. The van der Waals surface area contributed by atoms with Gasteiger partial charge in [-0.2, -0.15) is 0 Å². The van der Waals surface area contributed by atoms with Crippen LogP contribution in [0.4, 0.5) is 0 Å². The van der Waals surface area contributed by atoms with Crippen LogP contribution in [0, 0.1) is 0 Å². The largest absolute Gasteiger partial charge is 0.478 e. The van der Waals surface area contributed by atoms with Crippen LogP contribution in [-0.4, -0.2) is 11.1 Å². The van der Waals surface area contributed by atoms with Gasteiger partial charge in [0.05, 0.1) is 0 Å². The minimum absolute atomic E-state index is 0.923. The summed E-state index contributed by atoms with van der Waals surface area (Å²) in [7, 11) is 0. The molecule has 0 unspecified atom stereocenters. The van der Waals surface area contributed by atoms with E-state index in [2.05, 4.69) is 13.0 Å². The summed E-state index contributed by atoms with van der Waals surface area (Å²) >= 11 is 0. The fraction of sp³-hybridized carbons (Fsp3) is 0.500. The van der Waals surface area contributed by atoms with E-state index in [1.54, 1.807) is 6.08 Å². The van der Waals surface area contributed by atoms with Crippen molar-refractivity contribution in [3.8, 4) is 0 Å². The molecule has 2 heteroatoms. The average Bonchev–Trinajstić information content (AvgIpc) is 2.43. The van der Waals surface area contributed by atoms with Crippen LogP contribution in [0.15, 0.2) is 48.6 Å². The van der Waals surface area contributed by atoms with Crippen molar-refractivity contribution < 1.29 is 9.90 Å². The topological polar surface area (TPSA) is 37.3 Å². The number of unbranched alkanes of at least 4 members (excludes halogenated alkanes) is 7. The van der Waals surface area contributed by atoms with Gasteiger partial charge in [-0.05, 0) is 12.8 Å². The van der Waals surface area contributed by atoms with Crippen molar-refractivity contribution in [1.82, 2.24) is 0 Å². The standard InChI is InChI=1S/C18H28O2/c1-2-3-4-5-6-7-8-9-10-11-12-13-14-15-16-17-18(19)20/h10-17H,2-9H2,1H3,(H,19,20)/b11-10?,13-12?,15-14+,17-16+. The summed E-state index contributed by atoms with van der Waals surface area (Å²) in [6, 6.07) is 0. The Hall–Kier alpha value is -1.57. The van der Waals surface area contributed by atoms with Gasteiger partial charge in [0, 0.05) is 6.08 Å². The lowest BCUT2D eigenvalue weighted by atomic mass is 10.1. The van der Waals surface area contributed by atoms with Crippen LogP contribution in [0.1, 0.15) is 58.3 Å². The number of rotatable bonds is 12. The van der Waals surface area contributed by atoms with E-state index in [4.69, 9.17) is 5.11 Å². The maximum absolute atomic E-state index is 10.2. The Kier molecular flexibility index (Phi) is 14.3. The number of carboxylic acids is 1. The quantitative estimate of drug-likeness (QED) is 0.293. The smallest absolute Gasteiger partial charge is 0.328 e. The Bertz CT molecular complexity index is 335. The molecule has 1 N–H and O–H groups in total. The van der Waals surface area contributed by atoms with Gasteiger partial charge in [0.15, 0.2) is 0 Å². The number of carbonyl (C=O) groups is 1. The molecule has 0 fully saturated rings. The Labute approximate surface area is 123 Å². The summed E-state index contributed by atoms with van der Waals surface area (Å²) in [6.07, 6.45) is 24.8. The summed E-state index contributed by atoms with van der Waals surface area (Å²) in [5.74, 6) is -0.923. The van der Waals surface area contributed by atoms with Gasteiger partial charge in [0.2, 0.25) is 0 Å². The van der Waals surface area contributed by atoms with Crippen LogP contribution >= 0.6 is 0 Å². The first-order valence-electron chi connectivity index (χ1n) is 7.67. The SMILES string of the molecule is CCCCCCCCCC=CC=C/C=C/C=C/C(=O)O. The molecule has 0 aromatic carbocycles. The van der Waals surface area contributed by atoms with Gasteiger partial charge in [-0.25, -0.2) is 4.79 Å². The summed E-state index contributed by atoms with van der Waals surface area (Å²) < 4.78 is 0. The molecule has 0 amide bonds. The molecule has 0 aliphatic heterocycles. The number of hydrogen-bond donors (Lipinski definition) is 1. The van der Waals surface area contributed by atoms with Gasteiger partial charge in [-0.1, -0.05) is 88.0 Å². The van der Waals surface area contributed by atoms with Crippen LogP contribution in [-0.2, 0) is 4.79 Å². The van der Waals surface area contributed by atoms with Crippen molar-refractivity contribution >= 4 is 5.97 Å². The second kappa shape index (κ2) is 15.5. The monoisotopic (exact) mass is 276 g/mol. The fourth-order valence-electron chi connectivity index (χ4n) is 1.79. The Morgan fingerprint density at radius 1 is 0.800 bits per heavy atom. The Morgan fingerprint density at radius 2 is 1.35 bits per heavy atom. The zero-order chi connectivity index (χ0) is 14.9. The molecule has 0 aromatic rings. The van der Waals surface area contributed by atoms with Crippen LogP contribution in [0.3, 0.4) is 0 Å². The minimum atomic E-state index is -0.923. The molecular formula is C18H28O2. The fourth-order valence-corrected chi connectivity index (χ4v) is 1.79. The van der Waals surface area contributed by atoms with Crippen LogP contribution in [0.25, 0.3) is 0 Å². The summed E-state index contributed by atoms with van der Waals surface area (Å²) in [4.78, 5) is 10.2. The molecule has 0 aliphatic rings. The predicted molar refractivity (Wildman–Crippen MR) is 86.8 cm³/mol. The molecule has 0 atom stereocenters. The molecule has 0 bridgehead atoms. The molecule has 0 spiro atoms. The van der Waals surface area contributed by atoms with Crippen LogP contribution < -0.4 is 0 Å². The van der Waals surface area contributed by atoms with E-state index in [0.717, 1.165) is 12.5 Å². The van der Waals surface area contributed by atoms with E-state index in [0.29, 0.717) is 0 Å². The molecule has 0 aliphatic carbocycles. The van der Waals surface area contributed by atoms with E-state index in [1.807, 2.05) is 24.3 Å². The van der Waals surface area contributed by atoms with E-state index >= 15 is 0 Å². The zero-order valence-electron chi connectivity index (χ0n) is 12.6. The first kappa shape index (κ1) is 18.4. The second-order valence-corrected chi connectivity index (χ2v) is 4.81. The molecule has 0 saturated carbocycles. The minimum Gasteiger partial charge on any atom is -0.478 e. The lowest BCUT2D eigenvalue weighted by Crippen LogP contribution is -1.84. The maximum atomic E-state index is 10.2. The van der Waals surface area contributed by atoms with Crippen molar-refractivity contribution in [1.29, 1.82) is 0 Å². The number of hydrogen-bond acceptors (Lipinski definition) is 1. The molecular weight excluding hydrogens is 248 g/mol. The number of carboxylic acid groups (broad SMARTS) is 1. The maximum Gasteiger partial charge on any atom is 0.328 e. The van der Waals surface area contributed by atoms with E-state index in [-0.39, 0.29) is 0 Å². The van der Waals surface area contributed by atoms with Gasteiger partial charge < -0.3 is 5.11 Å². The van der Waals surface area contributed by atoms with Gasteiger partial charge in [0.1, 0.15) is 0 Å². The van der Waals surface area contributed by atoms with Crippen molar-refractivity contribution in [2.75, 3.05) is 0 Å². The first-order valence-corrected chi connectivity index (χ1v) is 7.67.